The normalized spacial score (nSPS) is 31.0. The fourth-order valence-electron chi connectivity index (χ4n) is 3.30. The van der Waals surface area contributed by atoms with Crippen LogP contribution in [-0.4, -0.2) is 56.5 Å². The maximum atomic E-state index is 11.9. The van der Waals surface area contributed by atoms with Crippen molar-refractivity contribution in [1.82, 2.24) is 10.2 Å². The van der Waals surface area contributed by atoms with Crippen LogP contribution in [0.15, 0.2) is 0 Å². The van der Waals surface area contributed by atoms with Crippen LogP contribution in [0.1, 0.15) is 45.4 Å². The zero-order valence-corrected chi connectivity index (χ0v) is 12.9. The average molecular weight is 288 g/mol. The van der Waals surface area contributed by atoms with Gasteiger partial charge in [-0.2, -0.15) is 0 Å². The molecule has 2 aliphatic heterocycles. The van der Waals surface area contributed by atoms with Crippen molar-refractivity contribution in [3.8, 4) is 0 Å². The lowest BCUT2D eigenvalue weighted by Gasteiger charge is -2.28. The van der Waals surface area contributed by atoms with E-state index in [9.17, 15) is 8.42 Å². The minimum atomic E-state index is -2.83. The van der Waals surface area contributed by atoms with Crippen LogP contribution in [-0.2, 0) is 9.84 Å². The second-order valence-corrected chi connectivity index (χ2v) is 8.16. The molecule has 2 atom stereocenters. The molecule has 0 aromatic rings. The Morgan fingerprint density at radius 2 is 1.84 bits per heavy atom. The van der Waals surface area contributed by atoms with Crippen LogP contribution in [0.2, 0.25) is 0 Å². The molecule has 0 saturated carbocycles. The van der Waals surface area contributed by atoms with Crippen molar-refractivity contribution >= 4 is 9.84 Å². The van der Waals surface area contributed by atoms with Crippen LogP contribution in [0.3, 0.4) is 0 Å². The zero-order valence-electron chi connectivity index (χ0n) is 12.1. The van der Waals surface area contributed by atoms with Crippen LogP contribution < -0.4 is 5.32 Å². The largest absolute Gasteiger partial charge is 0.311 e. The van der Waals surface area contributed by atoms with Crippen LogP contribution >= 0.6 is 0 Å². The number of nitrogens with zero attached hydrogens (tertiary/aromatic N) is 1. The average Bonchev–Trinajstić information content (AvgIpc) is 2.96. The summed E-state index contributed by atoms with van der Waals surface area (Å²) in [5.41, 5.74) is 0. The van der Waals surface area contributed by atoms with Crippen molar-refractivity contribution < 1.29 is 8.42 Å². The molecule has 2 fully saturated rings. The first-order valence-corrected chi connectivity index (χ1v) is 9.62. The second-order valence-electron chi connectivity index (χ2n) is 6.01. The molecule has 1 N–H and O–H groups in total. The van der Waals surface area contributed by atoms with Crippen molar-refractivity contribution in [2.24, 2.45) is 0 Å². The van der Waals surface area contributed by atoms with Gasteiger partial charge in [-0.1, -0.05) is 26.2 Å². The third kappa shape index (κ3) is 4.43. The molecule has 2 unspecified atom stereocenters. The summed E-state index contributed by atoms with van der Waals surface area (Å²) in [4.78, 5) is 2.38. The van der Waals surface area contributed by atoms with Crippen LogP contribution in [0, 0.1) is 0 Å². The number of sulfone groups is 1. The van der Waals surface area contributed by atoms with Gasteiger partial charge in [0.2, 0.25) is 0 Å². The molecule has 2 aliphatic rings. The van der Waals surface area contributed by atoms with Crippen molar-refractivity contribution in [2.45, 2.75) is 57.5 Å². The third-order valence-corrected chi connectivity index (χ3v) is 6.09. The van der Waals surface area contributed by atoms with E-state index in [1.807, 2.05) is 0 Å². The van der Waals surface area contributed by atoms with E-state index in [0.717, 1.165) is 26.1 Å². The van der Waals surface area contributed by atoms with Gasteiger partial charge in [0.1, 0.15) is 0 Å². The van der Waals surface area contributed by atoms with E-state index < -0.39 is 9.84 Å². The third-order valence-electron chi connectivity index (χ3n) is 4.37. The standard InChI is InChI=1S/C14H28N2O2S/c1-2-3-4-5-8-15-13-11-19(17,18)12-14(13)16-9-6-7-10-16/h13-15H,2-12H2,1H3. The van der Waals surface area contributed by atoms with Crippen molar-refractivity contribution in [3.63, 3.8) is 0 Å². The summed E-state index contributed by atoms with van der Waals surface area (Å²) in [6.45, 7) is 5.33. The maximum Gasteiger partial charge on any atom is 0.153 e. The lowest BCUT2D eigenvalue weighted by atomic mass is 10.1. The number of nitrogens with one attached hydrogen (secondary N) is 1. The van der Waals surface area contributed by atoms with Gasteiger partial charge in [0.25, 0.3) is 0 Å². The predicted octanol–water partition coefficient (Wildman–Crippen LogP) is 1.42. The zero-order chi connectivity index (χ0) is 13.7. The van der Waals surface area contributed by atoms with E-state index in [0.29, 0.717) is 11.5 Å². The maximum absolute atomic E-state index is 11.9. The molecule has 4 nitrogen and oxygen atoms in total. The molecule has 0 aliphatic carbocycles. The second kappa shape index (κ2) is 7.04. The van der Waals surface area contributed by atoms with E-state index >= 15 is 0 Å². The minimum Gasteiger partial charge on any atom is -0.311 e. The number of rotatable bonds is 7. The van der Waals surface area contributed by atoms with Gasteiger partial charge in [-0.15, -0.1) is 0 Å². The summed E-state index contributed by atoms with van der Waals surface area (Å²) in [5, 5.41) is 3.50. The molecule has 0 amide bonds. The molecular formula is C14H28N2O2S. The molecule has 0 spiro atoms. The molecule has 2 heterocycles. The fourth-order valence-corrected chi connectivity index (χ4v) is 5.28. The van der Waals surface area contributed by atoms with E-state index in [-0.39, 0.29) is 12.1 Å². The first-order valence-electron chi connectivity index (χ1n) is 7.80. The summed E-state index contributed by atoms with van der Waals surface area (Å²) in [6, 6.07) is 0.378. The highest BCUT2D eigenvalue weighted by atomic mass is 32.2. The Morgan fingerprint density at radius 1 is 1.11 bits per heavy atom. The first-order chi connectivity index (χ1) is 9.12. The molecule has 0 radical (unpaired) electrons. The van der Waals surface area contributed by atoms with Gasteiger partial charge in [-0.25, -0.2) is 8.42 Å². The van der Waals surface area contributed by atoms with Gasteiger partial charge in [-0.3, -0.25) is 4.90 Å². The molecule has 19 heavy (non-hydrogen) atoms. The fraction of sp³-hybridized carbons (Fsp3) is 1.00. The number of likely N-dealkylation sites (tertiary alicyclic amines) is 1. The molecule has 5 heteroatoms. The van der Waals surface area contributed by atoms with Crippen molar-refractivity contribution in [3.05, 3.63) is 0 Å². The predicted molar refractivity (Wildman–Crippen MR) is 79.2 cm³/mol. The Morgan fingerprint density at radius 3 is 2.53 bits per heavy atom. The highest BCUT2D eigenvalue weighted by Crippen LogP contribution is 2.22. The number of hydrogen-bond donors (Lipinski definition) is 1. The van der Waals surface area contributed by atoms with Crippen LogP contribution in [0.25, 0.3) is 0 Å². The van der Waals surface area contributed by atoms with Crippen molar-refractivity contribution in [1.29, 1.82) is 0 Å². The summed E-state index contributed by atoms with van der Waals surface area (Å²) >= 11 is 0. The van der Waals surface area contributed by atoms with Gasteiger partial charge in [0.05, 0.1) is 11.5 Å². The Bertz CT molecular complexity index is 364. The molecule has 2 saturated heterocycles. The topological polar surface area (TPSA) is 49.4 Å². The Hall–Kier alpha value is -0.130. The summed E-state index contributed by atoms with van der Waals surface area (Å²) < 4.78 is 23.8. The Labute approximate surface area is 117 Å². The highest BCUT2D eigenvalue weighted by molar-refractivity contribution is 7.91. The molecular weight excluding hydrogens is 260 g/mol. The SMILES string of the molecule is CCCCCCNC1CS(=O)(=O)CC1N1CCCC1. The van der Waals surface area contributed by atoms with Crippen molar-refractivity contribution in [2.75, 3.05) is 31.1 Å². The monoisotopic (exact) mass is 288 g/mol. The summed E-state index contributed by atoms with van der Waals surface area (Å²) in [7, 11) is -2.83. The van der Waals surface area contributed by atoms with Gasteiger partial charge < -0.3 is 5.32 Å². The van der Waals surface area contributed by atoms with Crippen LogP contribution in [0.5, 0.6) is 0 Å². The lowest BCUT2D eigenvalue weighted by molar-refractivity contribution is 0.226. The van der Waals surface area contributed by atoms with Gasteiger partial charge >= 0.3 is 0 Å². The van der Waals surface area contributed by atoms with Crippen LogP contribution in [0.4, 0.5) is 0 Å². The number of hydrogen-bond acceptors (Lipinski definition) is 4. The molecule has 0 bridgehead atoms. The van der Waals surface area contributed by atoms with E-state index in [4.69, 9.17) is 0 Å². The highest BCUT2D eigenvalue weighted by Gasteiger charge is 2.41. The summed E-state index contributed by atoms with van der Waals surface area (Å²) in [5.74, 6) is 0.696. The summed E-state index contributed by atoms with van der Waals surface area (Å²) in [6.07, 6.45) is 7.38. The Kier molecular flexibility index (Phi) is 5.66. The van der Waals surface area contributed by atoms with Gasteiger partial charge in [0.15, 0.2) is 9.84 Å². The molecule has 0 aromatic heterocycles. The van der Waals surface area contributed by atoms with E-state index in [2.05, 4.69) is 17.1 Å². The molecule has 2 rings (SSSR count). The van der Waals surface area contributed by atoms with Gasteiger partial charge in [-0.05, 0) is 38.9 Å². The van der Waals surface area contributed by atoms with E-state index in [1.165, 1.54) is 32.1 Å². The van der Waals surface area contributed by atoms with E-state index in [1.54, 1.807) is 0 Å². The molecule has 0 aromatic carbocycles. The molecule has 112 valence electrons. The lowest BCUT2D eigenvalue weighted by Crippen LogP contribution is -2.48. The minimum absolute atomic E-state index is 0.157. The Balaban J connectivity index is 1.82. The quantitative estimate of drug-likeness (QED) is 0.720. The van der Waals surface area contributed by atoms with Gasteiger partial charge in [0, 0.05) is 12.1 Å². The number of unbranched alkanes of at least 4 members (excludes halogenated alkanes) is 3. The first kappa shape index (κ1) is 15.3. The smallest absolute Gasteiger partial charge is 0.153 e.